The van der Waals surface area contributed by atoms with E-state index in [0.29, 0.717) is 4.90 Å². The van der Waals surface area contributed by atoms with Crippen LogP contribution in [0.4, 0.5) is 0 Å². The number of nitrogens with zero attached hydrogens (tertiary/aromatic N) is 1. The van der Waals surface area contributed by atoms with Crippen molar-refractivity contribution in [1.82, 2.24) is 5.32 Å². The Morgan fingerprint density at radius 1 is 0.964 bits per heavy atom. The summed E-state index contributed by atoms with van der Waals surface area (Å²) in [5.74, 6) is -0.0718. The molecule has 0 radical (unpaired) electrons. The van der Waals surface area contributed by atoms with Crippen molar-refractivity contribution in [3.8, 4) is 0 Å². The molecule has 1 unspecified atom stereocenters. The number of likely N-dealkylation sites (N-methyl/N-ethyl adjacent to an activating group) is 1. The molecule has 2 aromatic rings. The summed E-state index contributed by atoms with van der Waals surface area (Å²) in [6, 6.07) is 17.0. The molecule has 28 heavy (non-hydrogen) atoms. The number of rotatable bonds is 6. The van der Waals surface area contributed by atoms with E-state index in [0.717, 1.165) is 41.5 Å². The number of nitrogens with one attached hydrogen (secondary N) is 1. The van der Waals surface area contributed by atoms with Crippen LogP contribution in [0.2, 0.25) is 0 Å². The van der Waals surface area contributed by atoms with Gasteiger partial charge in [-0.15, -0.1) is 0 Å². The molecule has 0 aromatic heterocycles. The van der Waals surface area contributed by atoms with Gasteiger partial charge in [0.25, 0.3) is 0 Å². The molecule has 1 aliphatic heterocycles. The molecule has 1 N–H and O–H groups in total. The van der Waals surface area contributed by atoms with E-state index < -0.39 is 9.84 Å². The van der Waals surface area contributed by atoms with E-state index in [1.54, 1.807) is 19.1 Å². The molecule has 1 aliphatic rings. The van der Waals surface area contributed by atoms with Gasteiger partial charge in [0.1, 0.15) is 12.1 Å². The Hall–Kier alpha value is -2.18. The lowest BCUT2D eigenvalue weighted by Gasteiger charge is -2.42. The van der Waals surface area contributed by atoms with Crippen molar-refractivity contribution in [3.63, 3.8) is 0 Å². The summed E-state index contributed by atoms with van der Waals surface area (Å²) in [6.45, 7) is 3.60. The first kappa shape index (κ1) is 20.6. The molecule has 0 bridgehead atoms. The second kappa shape index (κ2) is 8.05. The number of benzene rings is 2. The summed E-state index contributed by atoms with van der Waals surface area (Å²) in [6.07, 6.45) is 3.52. The van der Waals surface area contributed by atoms with E-state index >= 15 is 0 Å². The summed E-state index contributed by atoms with van der Waals surface area (Å²) >= 11 is 0. The molecular weight excluding hydrogens is 372 g/mol. The van der Waals surface area contributed by atoms with E-state index in [2.05, 4.69) is 12.4 Å². The fourth-order valence-electron chi connectivity index (χ4n) is 4.38. The van der Waals surface area contributed by atoms with Crippen molar-refractivity contribution < 1.29 is 17.7 Å². The van der Waals surface area contributed by atoms with E-state index in [1.807, 2.05) is 42.5 Å². The van der Waals surface area contributed by atoms with Crippen LogP contribution < -0.4 is 5.32 Å². The van der Waals surface area contributed by atoms with Gasteiger partial charge in [0.2, 0.25) is 5.91 Å². The number of likely N-dealkylation sites (tertiary alicyclic amines) is 1. The van der Waals surface area contributed by atoms with Crippen LogP contribution in [0.25, 0.3) is 0 Å². The van der Waals surface area contributed by atoms with E-state index in [9.17, 15) is 13.2 Å². The Morgan fingerprint density at radius 2 is 1.54 bits per heavy atom. The first-order valence-electron chi connectivity index (χ1n) is 9.67. The standard InChI is InChI=1S/C22H28N2O3S/c1-17(25)23-21(18-9-5-4-6-10-18)22(24(2)15-7-8-16-24)19-11-13-20(14-12-19)28(3,26)27/h4-6,9-14,21-22H,7-8,15-16H2,1-3H3/p+1/t21-,22?/m0/s1. The minimum Gasteiger partial charge on any atom is -0.343 e. The molecule has 0 saturated carbocycles. The monoisotopic (exact) mass is 401 g/mol. The number of sulfone groups is 1. The molecule has 150 valence electrons. The molecule has 1 amide bonds. The maximum absolute atomic E-state index is 12.1. The van der Waals surface area contributed by atoms with Crippen molar-refractivity contribution in [2.75, 3.05) is 26.4 Å². The highest BCUT2D eigenvalue weighted by atomic mass is 32.2. The number of hydrogen-bond donors (Lipinski definition) is 1. The third kappa shape index (κ3) is 4.45. The Balaban J connectivity index is 2.11. The lowest BCUT2D eigenvalue weighted by atomic mass is 9.90. The SMILES string of the molecule is CC(=O)N[C@@H](c1ccccc1)C(c1ccc(S(C)(=O)=O)cc1)[N+]1(C)CCCC1. The zero-order valence-electron chi connectivity index (χ0n) is 16.8. The molecule has 0 spiro atoms. The van der Waals surface area contributed by atoms with Crippen LogP contribution in [0.15, 0.2) is 59.5 Å². The molecule has 2 atom stereocenters. The molecule has 0 aliphatic carbocycles. The van der Waals surface area contributed by atoms with Crippen LogP contribution in [0.5, 0.6) is 0 Å². The van der Waals surface area contributed by atoms with Crippen molar-refractivity contribution >= 4 is 15.7 Å². The Labute approximate surface area is 167 Å². The first-order chi connectivity index (χ1) is 13.2. The predicted octanol–water partition coefficient (Wildman–Crippen LogP) is 3.25. The summed E-state index contributed by atoms with van der Waals surface area (Å²) in [5.41, 5.74) is 2.10. The molecular formula is C22H29N2O3S+. The van der Waals surface area contributed by atoms with Gasteiger partial charge in [-0.2, -0.15) is 0 Å². The molecule has 1 saturated heterocycles. The average Bonchev–Trinajstić information content (AvgIpc) is 3.08. The van der Waals surface area contributed by atoms with Gasteiger partial charge < -0.3 is 9.80 Å². The lowest BCUT2D eigenvalue weighted by Crippen LogP contribution is -2.50. The fraction of sp³-hybridized carbons (Fsp3) is 0.409. The van der Waals surface area contributed by atoms with Crippen molar-refractivity contribution in [1.29, 1.82) is 0 Å². The molecule has 2 aromatic carbocycles. The van der Waals surface area contributed by atoms with E-state index in [4.69, 9.17) is 0 Å². The molecule has 5 nitrogen and oxygen atoms in total. The highest BCUT2D eigenvalue weighted by molar-refractivity contribution is 7.90. The third-order valence-electron chi connectivity index (χ3n) is 5.74. The number of hydrogen-bond acceptors (Lipinski definition) is 3. The van der Waals surface area contributed by atoms with Crippen molar-refractivity contribution in [2.24, 2.45) is 0 Å². The number of carbonyl (C=O) groups excluding carboxylic acids is 1. The summed E-state index contributed by atoms with van der Waals surface area (Å²) in [7, 11) is -1.01. The minimum absolute atomic E-state index is 0.00223. The number of quaternary nitrogens is 1. The van der Waals surface area contributed by atoms with Crippen LogP contribution in [0.3, 0.4) is 0 Å². The molecule has 6 heteroatoms. The van der Waals surface area contributed by atoms with Crippen LogP contribution in [-0.2, 0) is 14.6 Å². The molecule has 3 rings (SSSR count). The van der Waals surface area contributed by atoms with E-state index in [-0.39, 0.29) is 18.0 Å². The minimum atomic E-state index is -3.25. The highest BCUT2D eigenvalue weighted by Gasteiger charge is 2.43. The zero-order chi connectivity index (χ0) is 20.4. The highest BCUT2D eigenvalue weighted by Crippen LogP contribution is 2.41. The second-order valence-electron chi connectivity index (χ2n) is 8.01. The molecule has 1 heterocycles. The van der Waals surface area contributed by atoms with Gasteiger partial charge in [-0.1, -0.05) is 42.5 Å². The maximum atomic E-state index is 12.1. The first-order valence-corrected chi connectivity index (χ1v) is 11.6. The van der Waals surface area contributed by atoms with Gasteiger partial charge in [-0.25, -0.2) is 8.42 Å². The number of carbonyl (C=O) groups is 1. The summed E-state index contributed by atoms with van der Waals surface area (Å²) in [5, 5.41) is 3.17. The van der Waals surface area contributed by atoms with Crippen LogP contribution >= 0.6 is 0 Å². The van der Waals surface area contributed by atoms with Crippen LogP contribution in [-0.4, -0.2) is 45.2 Å². The lowest BCUT2D eigenvalue weighted by molar-refractivity contribution is -0.930. The summed E-state index contributed by atoms with van der Waals surface area (Å²) < 4.78 is 24.6. The Kier molecular flexibility index (Phi) is 5.91. The van der Waals surface area contributed by atoms with Gasteiger partial charge in [0.15, 0.2) is 9.84 Å². The molecule has 1 fully saturated rings. The Bertz CT molecular complexity index is 918. The van der Waals surface area contributed by atoms with Gasteiger partial charge in [0, 0.05) is 31.6 Å². The Morgan fingerprint density at radius 3 is 2.04 bits per heavy atom. The largest absolute Gasteiger partial charge is 0.343 e. The van der Waals surface area contributed by atoms with Crippen LogP contribution in [0, 0.1) is 0 Å². The van der Waals surface area contributed by atoms with Gasteiger partial charge >= 0.3 is 0 Å². The predicted molar refractivity (Wildman–Crippen MR) is 110 cm³/mol. The van der Waals surface area contributed by atoms with Crippen LogP contribution in [0.1, 0.15) is 43.0 Å². The second-order valence-corrected chi connectivity index (χ2v) is 10.0. The van der Waals surface area contributed by atoms with Crippen molar-refractivity contribution in [2.45, 2.75) is 36.7 Å². The average molecular weight is 402 g/mol. The summed E-state index contributed by atoms with van der Waals surface area (Å²) in [4.78, 5) is 12.4. The number of amides is 1. The van der Waals surface area contributed by atoms with E-state index in [1.165, 1.54) is 6.26 Å². The third-order valence-corrected chi connectivity index (χ3v) is 6.87. The van der Waals surface area contributed by atoms with Crippen molar-refractivity contribution in [3.05, 3.63) is 65.7 Å². The quantitative estimate of drug-likeness (QED) is 0.756. The fourth-order valence-corrected chi connectivity index (χ4v) is 5.01. The zero-order valence-corrected chi connectivity index (χ0v) is 17.6. The van der Waals surface area contributed by atoms with Gasteiger partial charge in [-0.3, -0.25) is 4.79 Å². The topological polar surface area (TPSA) is 63.2 Å². The maximum Gasteiger partial charge on any atom is 0.217 e. The normalized spacial score (nSPS) is 18.4. The van der Waals surface area contributed by atoms with Gasteiger partial charge in [-0.05, 0) is 17.7 Å². The smallest absolute Gasteiger partial charge is 0.217 e. The van der Waals surface area contributed by atoms with Gasteiger partial charge in [0.05, 0.1) is 25.0 Å².